The molecule has 0 aromatic carbocycles. The molecular formula is C20H15N3. The van der Waals surface area contributed by atoms with Crippen molar-refractivity contribution < 1.29 is 0 Å². The highest BCUT2D eigenvalue weighted by Crippen LogP contribution is 2.50. The first-order chi connectivity index (χ1) is 11.3. The molecule has 0 unspecified atom stereocenters. The van der Waals surface area contributed by atoms with Gasteiger partial charge < -0.3 is 0 Å². The maximum atomic E-state index is 5.76. The third-order valence-electron chi connectivity index (χ3n) is 4.53. The summed E-state index contributed by atoms with van der Waals surface area (Å²) in [4.78, 5) is 13.3. The molecular weight excluding hydrogens is 282 g/mol. The van der Waals surface area contributed by atoms with Crippen molar-refractivity contribution in [2.75, 3.05) is 0 Å². The molecule has 23 heavy (non-hydrogen) atoms. The van der Waals surface area contributed by atoms with Gasteiger partial charge in [-0.2, -0.15) is 0 Å². The van der Waals surface area contributed by atoms with Gasteiger partial charge in [-0.25, -0.2) is 0 Å². The summed E-state index contributed by atoms with van der Waals surface area (Å²) in [5.41, 5.74) is 5.18. The van der Waals surface area contributed by atoms with Crippen molar-refractivity contribution in [3.8, 4) is 23.7 Å². The van der Waals surface area contributed by atoms with Crippen LogP contribution in [0.15, 0.2) is 61.2 Å². The maximum Gasteiger partial charge on any atom is 0.0930 e. The number of terminal acetylenes is 1. The van der Waals surface area contributed by atoms with Crippen LogP contribution in [-0.2, 0) is 11.8 Å². The molecule has 0 spiro atoms. The van der Waals surface area contributed by atoms with Gasteiger partial charge in [-0.05, 0) is 47.4 Å². The van der Waals surface area contributed by atoms with E-state index in [0.717, 1.165) is 17.8 Å². The van der Waals surface area contributed by atoms with Gasteiger partial charge in [0.1, 0.15) is 0 Å². The van der Waals surface area contributed by atoms with E-state index in [1.54, 1.807) is 0 Å². The molecule has 110 valence electrons. The molecule has 4 rings (SSSR count). The van der Waals surface area contributed by atoms with Crippen LogP contribution in [0.5, 0.6) is 0 Å². The predicted molar refractivity (Wildman–Crippen MR) is 89.6 cm³/mol. The first kappa shape index (κ1) is 13.7. The van der Waals surface area contributed by atoms with Gasteiger partial charge in [-0.3, -0.25) is 15.0 Å². The molecule has 1 aliphatic carbocycles. The first-order valence-electron chi connectivity index (χ1n) is 7.59. The molecule has 0 radical (unpaired) electrons. The van der Waals surface area contributed by atoms with Crippen LogP contribution in [0.2, 0.25) is 0 Å². The fourth-order valence-electron chi connectivity index (χ4n) is 3.57. The zero-order valence-electron chi connectivity index (χ0n) is 12.6. The number of hydrogen-bond donors (Lipinski definition) is 0. The third-order valence-corrected chi connectivity index (χ3v) is 4.53. The van der Waals surface area contributed by atoms with Crippen LogP contribution in [0.25, 0.3) is 11.4 Å². The Morgan fingerprint density at radius 3 is 2.04 bits per heavy atom. The van der Waals surface area contributed by atoms with Gasteiger partial charge in [0.15, 0.2) is 0 Å². The summed E-state index contributed by atoms with van der Waals surface area (Å²) in [6.45, 7) is 0. The monoisotopic (exact) mass is 297 g/mol. The smallest absolute Gasteiger partial charge is 0.0930 e. The van der Waals surface area contributed by atoms with E-state index in [4.69, 9.17) is 6.42 Å². The highest BCUT2D eigenvalue weighted by atomic mass is 14.8. The second-order valence-electron chi connectivity index (χ2n) is 5.79. The SMILES string of the molecule is C#CCC1(Cc2ccncc2)c2cccnc2-c2ncccc21. The molecule has 0 N–H and O–H groups in total. The van der Waals surface area contributed by atoms with E-state index < -0.39 is 0 Å². The largest absolute Gasteiger partial charge is 0.265 e. The highest BCUT2D eigenvalue weighted by molar-refractivity contribution is 5.75. The molecule has 3 aromatic heterocycles. The summed E-state index contributed by atoms with van der Waals surface area (Å²) in [5.74, 6) is 2.88. The Labute approximate surface area is 135 Å². The van der Waals surface area contributed by atoms with Crippen LogP contribution < -0.4 is 0 Å². The fourth-order valence-corrected chi connectivity index (χ4v) is 3.57. The van der Waals surface area contributed by atoms with E-state index >= 15 is 0 Å². The van der Waals surface area contributed by atoms with Gasteiger partial charge in [-0.1, -0.05) is 12.1 Å². The maximum absolute atomic E-state index is 5.76. The average Bonchev–Trinajstić information content (AvgIpc) is 2.88. The van der Waals surface area contributed by atoms with Crippen molar-refractivity contribution in [3.05, 3.63) is 77.9 Å². The summed E-state index contributed by atoms with van der Waals surface area (Å²) in [5, 5.41) is 0. The zero-order chi connectivity index (χ0) is 15.7. The van der Waals surface area contributed by atoms with Crippen molar-refractivity contribution in [3.63, 3.8) is 0 Å². The lowest BCUT2D eigenvalue weighted by atomic mass is 9.72. The Morgan fingerprint density at radius 2 is 1.48 bits per heavy atom. The molecule has 0 fully saturated rings. The lowest BCUT2D eigenvalue weighted by molar-refractivity contribution is 0.537. The van der Waals surface area contributed by atoms with Gasteiger partial charge >= 0.3 is 0 Å². The topological polar surface area (TPSA) is 38.7 Å². The van der Waals surface area contributed by atoms with Crippen LogP contribution in [0, 0.1) is 12.3 Å². The lowest BCUT2D eigenvalue weighted by Crippen LogP contribution is -2.28. The van der Waals surface area contributed by atoms with Crippen LogP contribution in [0.1, 0.15) is 23.1 Å². The van der Waals surface area contributed by atoms with Crippen LogP contribution >= 0.6 is 0 Å². The molecule has 0 aliphatic heterocycles. The van der Waals surface area contributed by atoms with E-state index in [1.165, 1.54) is 16.7 Å². The fraction of sp³-hybridized carbons (Fsp3) is 0.150. The Bertz CT molecular complexity index is 849. The Balaban J connectivity index is 1.97. The minimum absolute atomic E-state index is 0.275. The van der Waals surface area contributed by atoms with Crippen LogP contribution in [-0.4, -0.2) is 15.0 Å². The predicted octanol–water partition coefficient (Wildman–Crippen LogP) is 3.40. The van der Waals surface area contributed by atoms with Crippen molar-refractivity contribution in [1.29, 1.82) is 0 Å². The molecule has 0 atom stereocenters. The molecule has 0 amide bonds. The number of aromatic nitrogens is 3. The quantitative estimate of drug-likeness (QED) is 0.695. The third kappa shape index (κ3) is 2.03. The van der Waals surface area contributed by atoms with Gasteiger partial charge in [0.05, 0.1) is 11.4 Å². The van der Waals surface area contributed by atoms with E-state index in [0.29, 0.717) is 6.42 Å². The highest BCUT2D eigenvalue weighted by Gasteiger charge is 2.44. The summed E-state index contributed by atoms with van der Waals surface area (Å²) < 4.78 is 0. The van der Waals surface area contributed by atoms with Gasteiger partial charge in [0, 0.05) is 36.6 Å². The standard InChI is InChI=1S/C20H15N3/c1-2-9-20(14-15-7-12-21-13-8-15)16-5-3-10-22-18(16)19-17(20)6-4-11-23-19/h1,3-8,10-13H,9,14H2. The summed E-state index contributed by atoms with van der Waals surface area (Å²) >= 11 is 0. The minimum Gasteiger partial charge on any atom is -0.265 e. The summed E-state index contributed by atoms with van der Waals surface area (Å²) in [6.07, 6.45) is 14.5. The molecule has 3 heterocycles. The average molecular weight is 297 g/mol. The lowest BCUT2D eigenvalue weighted by Gasteiger charge is -2.29. The van der Waals surface area contributed by atoms with Crippen molar-refractivity contribution in [1.82, 2.24) is 15.0 Å². The number of nitrogens with zero attached hydrogens (tertiary/aromatic N) is 3. The minimum atomic E-state index is -0.275. The van der Waals surface area contributed by atoms with Gasteiger partial charge in [0.2, 0.25) is 0 Å². The van der Waals surface area contributed by atoms with Gasteiger partial charge in [0.25, 0.3) is 0 Å². The second-order valence-corrected chi connectivity index (χ2v) is 5.79. The summed E-state index contributed by atoms with van der Waals surface area (Å²) in [6, 6.07) is 12.3. The van der Waals surface area contributed by atoms with E-state index in [1.807, 2.05) is 49.1 Å². The number of fused-ring (bicyclic) bond motifs is 3. The normalized spacial score (nSPS) is 13.9. The van der Waals surface area contributed by atoms with E-state index in [2.05, 4.69) is 33.0 Å². The molecule has 0 bridgehead atoms. The van der Waals surface area contributed by atoms with E-state index in [9.17, 15) is 0 Å². The number of pyridine rings is 3. The number of rotatable bonds is 3. The van der Waals surface area contributed by atoms with Crippen molar-refractivity contribution >= 4 is 0 Å². The van der Waals surface area contributed by atoms with Crippen molar-refractivity contribution in [2.24, 2.45) is 0 Å². The second kappa shape index (κ2) is 5.33. The Hall–Kier alpha value is -2.99. The molecule has 0 saturated carbocycles. The van der Waals surface area contributed by atoms with E-state index in [-0.39, 0.29) is 5.41 Å². The molecule has 1 aliphatic rings. The first-order valence-corrected chi connectivity index (χ1v) is 7.59. The van der Waals surface area contributed by atoms with Crippen LogP contribution in [0.4, 0.5) is 0 Å². The molecule has 3 aromatic rings. The molecule has 3 heteroatoms. The zero-order valence-corrected chi connectivity index (χ0v) is 12.6. The summed E-state index contributed by atoms with van der Waals surface area (Å²) in [7, 11) is 0. The molecule has 3 nitrogen and oxygen atoms in total. The van der Waals surface area contributed by atoms with Crippen LogP contribution in [0.3, 0.4) is 0 Å². The number of hydrogen-bond acceptors (Lipinski definition) is 3. The van der Waals surface area contributed by atoms with Gasteiger partial charge in [-0.15, -0.1) is 12.3 Å². The van der Waals surface area contributed by atoms with Crippen molar-refractivity contribution in [2.45, 2.75) is 18.3 Å². The Kier molecular flexibility index (Phi) is 3.17. The molecule has 0 saturated heterocycles. The Morgan fingerprint density at radius 1 is 0.870 bits per heavy atom.